The van der Waals surface area contributed by atoms with E-state index in [1.807, 2.05) is 48.5 Å². The summed E-state index contributed by atoms with van der Waals surface area (Å²) in [6, 6.07) is 21.0. The van der Waals surface area contributed by atoms with Crippen LogP contribution in [0.3, 0.4) is 0 Å². The van der Waals surface area contributed by atoms with Crippen molar-refractivity contribution < 1.29 is 23.9 Å². The standard InChI is InChI=1S/C33H37N3O5/c1-5-6-18-40-26-15-12-22(13-16-26)19-28(35-32(39)41-33(2,3)4)31(38)36-29-21-25-20-24(14-17-27(25)34-29)30(37)23-10-8-7-9-11-23/h7-17,20,28H,5-6,18-19,21H2,1-4H3,(H,35,39)(H,34,36,38)/t28-/m0/s1. The molecule has 0 spiro atoms. The summed E-state index contributed by atoms with van der Waals surface area (Å²) < 4.78 is 11.1. The zero-order valence-corrected chi connectivity index (χ0v) is 24.0. The average Bonchev–Trinajstić information content (AvgIpc) is 3.34. The van der Waals surface area contributed by atoms with Crippen LogP contribution in [0.2, 0.25) is 0 Å². The molecular formula is C33H37N3O5. The van der Waals surface area contributed by atoms with E-state index >= 15 is 0 Å². The molecule has 0 bridgehead atoms. The first-order valence-corrected chi connectivity index (χ1v) is 13.9. The summed E-state index contributed by atoms with van der Waals surface area (Å²) in [5, 5.41) is 5.58. The fourth-order valence-corrected chi connectivity index (χ4v) is 4.35. The molecule has 0 saturated heterocycles. The molecule has 41 heavy (non-hydrogen) atoms. The zero-order valence-electron chi connectivity index (χ0n) is 24.0. The van der Waals surface area contributed by atoms with Gasteiger partial charge in [-0.15, -0.1) is 0 Å². The van der Waals surface area contributed by atoms with Crippen molar-refractivity contribution in [2.24, 2.45) is 4.99 Å². The number of aliphatic imine (C=N–C) groups is 1. The van der Waals surface area contributed by atoms with Gasteiger partial charge in [-0.3, -0.25) is 9.59 Å². The van der Waals surface area contributed by atoms with Crippen LogP contribution >= 0.6 is 0 Å². The van der Waals surface area contributed by atoms with Crippen molar-refractivity contribution in [3.05, 3.63) is 95.1 Å². The van der Waals surface area contributed by atoms with Gasteiger partial charge in [-0.25, -0.2) is 9.79 Å². The molecule has 1 atom stereocenters. The van der Waals surface area contributed by atoms with Crippen LogP contribution < -0.4 is 15.4 Å². The second-order valence-corrected chi connectivity index (χ2v) is 11.0. The van der Waals surface area contributed by atoms with E-state index < -0.39 is 23.6 Å². The predicted octanol–water partition coefficient (Wildman–Crippen LogP) is 5.93. The Bertz CT molecular complexity index is 1410. The summed E-state index contributed by atoms with van der Waals surface area (Å²) in [5.41, 5.74) is 2.84. The number of ether oxygens (including phenoxy) is 2. The van der Waals surface area contributed by atoms with E-state index in [1.165, 1.54) is 0 Å². The highest BCUT2D eigenvalue weighted by atomic mass is 16.6. The third-order valence-corrected chi connectivity index (χ3v) is 6.40. The molecule has 2 N–H and O–H groups in total. The first-order chi connectivity index (χ1) is 19.6. The van der Waals surface area contributed by atoms with Gasteiger partial charge in [0.25, 0.3) is 0 Å². The van der Waals surface area contributed by atoms with Crippen LogP contribution in [-0.4, -0.2) is 41.9 Å². The van der Waals surface area contributed by atoms with Crippen molar-refractivity contribution >= 4 is 29.3 Å². The number of fused-ring (bicyclic) bond motifs is 1. The molecule has 3 aromatic rings. The highest BCUT2D eigenvalue weighted by molar-refractivity contribution is 6.10. The van der Waals surface area contributed by atoms with Gasteiger partial charge in [0.05, 0.1) is 12.3 Å². The third kappa shape index (κ3) is 8.51. The van der Waals surface area contributed by atoms with Gasteiger partial charge in [0.2, 0.25) is 5.91 Å². The summed E-state index contributed by atoms with van der Waals surface area (Å²) in [6.45, 7) is 8.05. The first kappa shape index (κ1) is 29.5. The smallest absolute Gasteiger partial charge is 0.408 e. The lowest BCUT2D eigenvalue weighted by molar-refractivity contribution is -0.121. The fraction of sp³-hybridized carbons (Fsp3) is 0.333. The Labute approximate surface area is 241 Å². The van der Waals surface area contributed by atoms with Gasteiger partial charge in [0.15, 0.2) is 5.78 Å². The molecule has 0 radical (unpaired) electrons. The Morgan fingerprint density at radius 1 is 0.951 bits per heavy atom. The van der Waals surface area contributed by atoms with Gasteiger partial charge >= 0.3 is 6.09 Å². The molecule has 2 amide bonds. The Kier molecular flexibility index (Phi) is 9.55. The lowest BCUT2D eigenvalue weighted by Crippen LogP contribution is -2.50. The maximum Gasteiger partial charge on any atom is 0.408 e. The number of carbonyl (C=O) groups is 3. The number of unbranched alkanes of at least 4 members (excludes halogenated alkanes) is 1. The lowest BCUT2D eigenvalue weighted by Gasteiger charge is -2.23. The predicted molar refractivity (Wildman–Crippen MR) is 159 cm³/mol. The second-order valence-electron chi connectivity index (χ2n) is 11.0. The zero-order chi connectivity index (χ0) is 29.4. The third-order valence-electron chi connectivity index (χ3n) is 6.40. The number of amides is 2. The van der Waals surface area contributed by atoms with Gasteiger partial charge in [-0.1, -0.05) is 55.8 Å². The van der Waals surface area contributed by atoms with E-state index in [0.29, 0.717) is 35.7 Å². The number of nitrogens with one attached hydrogen (secondary N) is 2. The summed E-state index contributed by atoms with van der Waals surface area (Å²) >= 11 is 0. The van der Waals surface area contributed by atoms with Crippen molar-refractivity contribution in [3.8, 4) is 5.75 Å². The van der Waals surface area contributed by atoms with Gasteiger partial charge in [-0.2, -0.15) is 0 Å². The molecule has 0 fully saturated rings. The number of alkyl carbamates (subject to hydrolysis) is 1. The Balaban J connectivity index is 1.44. The van der Waals surface area contributed by atoms with E-state index in [0.717, 1.165) is 29.7 Å². The molecule has 214 valence electrons. The van der Waals surface area contributed by atoms with Crippen LogP contribution in [0, 0.1) is 0 Å². The van der Waals surface area contributed by atoms with E-state index in [2.05, 4.69) is 22.5 Å². The van der Waals surface area contributed by atoms with Crippen molar-refractivity contribution in [2.75, 3.05) is 6.61 Å². The highest BCUT2D eigenvalue weighted by Gasteiger charge is 2.27. The molecule has 1 heterocycles. The van der Waals surface area contributed by atoms with E-state index in [1.54, 1.807) is 45.0 Å². The molecular weight excluding hydrogens is 518 g/mol. The number of hydrogen-bond acceptors (Lipinski definition) is 6. The summed E-state index contributed by atoms with van der Waals surface area (Å²) in [6.07, 6.45) is 1.95. The Hall–Kier alpha value is -4.46. The fourth-order valence-electron chi connectivity index (χ4n) is 4.35. The molecule has 0 aromatic heterocycles. The summed E-state index contributed by atoms with van der Waals surface area (Å²) in [7, 11) is 0. The highest BCUT2D eigenvalue weighted by Crippen LogP contribution is 2.28. The largest absolute Gasteiger partial charge is 0.494 e. The molecule has 4 rings (SSSR count). The number of benzene rings is 3. The van der Waals surface area contributed by atoms with Crippen molar-refractivity contribution in [3.63, 3.8) is 0 Å². The Morgan fingerprint density at radius 2 is 1.68 bits per heavy atom. The number of ketones is 1. The summed E-state index contributed by atoms with van der Waals surface area (Å²) in [5.74, 6) is 0.719. The van der Waals surface area contributed by atoms with E-state index in [9.17, 15) is 14.4 Å². The molecule has 3 aromatic carbocycles. The van der Waals surface area contributed by atoms with Crippen LogP contribution in [0.25, 0.3) is 0 Å². The number of hydrogen-bond donors (Lipinski definition) is 2. The first-order valence-electron chi connectivity index (χ1n) is 13.9. The monoisotopic (exact) mass is 555 g/mol. The molecule has 0 unspecified atom stereocenters. The quantitative estimate of drug-likeness (QED) is 0.238. The van der Waals surface area contributed by atoms with Crippen LogP contribution in [-0.2, 0) is 22.4 Å². The van der Waals surface area contributed by atoms with Crippen molar-refractivity contribution in [1.82, 2.24) is 10.6 Å². The lowest BCUT2D eigenvalue weighted by atomic mass is 10.00. The molecule has 0 saturated carbocycles. The normalized spacial score (nSPS) is 13.0. The van der Waals surface area contributed by atoms with Gasteiger partial charge in [0.1, 0.15) is 23.2 Å². The van der Waals surface area contributed by atoms with E-state index in [4.69, 9.17) is 9.47 Å². The molecule has 0 aliphatic carbocycles. The van der Waals surface area contributed by atoms with E-state index in [-0.39, 0.29) is 12.2 Å². The van der Waals surface area contributed by atoms with Crippen LogP contribution in [0.1, 0.15) is 67.6 Å². The van der Waals surface area contributed by atoms with Gasteiger partial charge < -0.3 is 20.1 Å². The average molecular weight is 556 g/mol. The molecule has 1 aliphatic rings. The minimum absolute atomic E-state index is 0.0747. The number of amidine groups is 1. The van der Waals surface area contributed by atoms with Crippen LogP contribution in [0.15, 0.2) is 77.8 Å². The summed E-state index contributed by atoms with van der Waals surface area (Å²) in [4.78, 5) is 43.5. The molecule has 8 nitrogen and oxygen atoms in total. The molecule has 8 heteroatoms. The Morgan fingerprint density at radius 3 is 2.37 bits per heavy atom. The molecule has 1 aliphatic heterocycles. The number of carbonyl (C=O) groups excluding carboxylic acids is 3. The maximum atomic E-state index is 13.4. The van der Waals surface area contributed by atoms with Crippen LogP contribution in [0.4, 0.5) is 10.5 Å². The minimum atomic E-state index is -0.904. The van der Waals surface area contributed by atoms with Crippen molar-refractivity contribution in [2.45, 2.75) is 65.0 Å². The topological polar surface area (TPSA) is 106 Å². The number of rotatable bonds is 10. The van der Waals surface area contributed by atoms with Crippen LogP contribution in [0.5, 0.6) is 5.75 Å². The van der Waals surface area contributed by atoms with Crippen molar-refractivity contribution in [1.29, 1.82) is 0 Å². The van der Waals surface area contributed by atoms with Gasteiger partial charge in [0, 0.05) is 24.0 Å². The van der Waals surface area contributed by atoms with Gasteiger partial charge in [-0.05, 0) is 68.7 Å². The second kappa shape index (κ2) is 13.3. The maximum absolute atomic E-state index is 13.4. The number of nitrogens with zero attached hydrogens (tertiary/aromatic N) is 1. The SMILES string of the molecule is CCCCOc1ccc(C[C@H](NC(=O)OC(C)(C)C)C(=O)NC2=Nc3ccc(C(=O)c4ccccc4)cc3C2)cc1. The minimum Gasteiger partial charge on any atom is -0.494 e.